The minimum absolute atomic E-state index is 0.209. The lowest BCUT2D eigenvalue weighted by molar-refractivity contribution is 0.638. The van der Waals surface area contributed by atoms with Crippen LogP contribution >= 0.6 is 0 Å². The van der Waals surface area contributed by atoms with Gasteiger partial charge in [-0.25, -0.2) is 0 Å². The SMILES string of the molecule is CCCCCCCN=C(N)N. The summed E-state index contributed by atoms with van der Waals surface area (Å²) in [4.78, 5) is 3.89. The van der Waals surface area contributed by atoms with E-state index in [-0.39, 0.29) is 5.96 Å². The van der Waals surface area contributed by atoms with E-state index in [1.807, 2.05) is 0 Å². The molecule has 0 amide bonds. The van der Waals surface area contributed by atoms with Crippen LogP contribution in [-0.4, -0.2) is 12.5 Å². The number of nitrogens with two attached hydrogens (primary N) is 2. The molecular formula is C8H19N3. The van der Waals surface area contributed by atoms with Gasteiger partial charge in [0, 0.05) is 6.54 Å². The summed E-state index contributed by atoms with van der Waals surface area (Å²) < 4.78 is 0. The highest BCUT2D eigenvalue weighted by Gasteiger charge is 1.87. The van der Waals surface area contributed by atoms with Gasteiger partial charge in [0.1, 0.15) is 0 Å². The van der Waals surface area contributed by atoms with E-state index < -0.39 is 0 Å². The average molecular weight is 157 g/mol. The standard InChI is InChI=1S/C8H19N3/c1-2-3-4-5-6-7-11-8(9)10/h2-7H2,1H3,(H4,9,10,11). The molecule has 0 saturated carbocycles. The van der Waals surface area contributed by atoms with Gasteiger partial charge in [0.2, 0.25) is 0 Å². The highest BCUT2D eigenvalue weighted by Crippen LogP contribution is 2.01. The normalized spacial score (nSPS) is 9.55. The Bertz CT molecular complexity index is 106. The molecule has 0 aromatic rings. The first-order valence-corrected chi connectivity index (χ1v) is 4.32. The summed E-state index contributed by atoms with van der Waals surface area (Å²) in [7, 11) is 0. The largest absolute Gasteiger partial charge is 0.370 e. The van der Waals surface area contributed by atoms with Gasteiger partial charge in [-0.15, -0.1) is 0 Å². The van der Waals surface area contributed by atoms with Crippen LogP contribution in [0.15, 0.2) is 4.99 Å². The van der Waals surface area contributed by atoms with Crippen LogP contribution in [0.1, 0.15) is 39.0 Å². The Labute approximate surface area is 68.9 Å². The van der Waals surface area contributed by atoms with Gasteiger partial charge in [0.05, 0.1) is 0 Å². The molecule has 0 heterocycles. The fourth-order valence-corrected chi connectivity index (χ4v) is 0.924. The molecule has 0 aliphatic rings. The highest BCUT2D eigenvalue weighted by atomic mass is 15.0. The Morgan fingerprint density at radius 1 is 1.09 bits per heavy atom. The van der Waals surface area contributed by atoms with Gasteiger partial charge in [-0.3, -0.25) is 4.99 Å². The molecule has 0 aromatic heterocycles. The summed E-state index contributed by atoms with van der Waals surface area (Å²) in [5.41, 5.74) is 10.3. The lowest BCUT2D eigenvalue weighted by Gasteiger charge is -1.96. The minimum Gasteiger partial charge on any atom is -0.370 e. The molecule has 0 saturated heterocycles. The maximum absolute atomic E-state index is 5.16. The fraction of sp³-hybridized carbons (Fsp3) is 0.875. The lowest BCUT2D eigenvalue weighted by Crippen LogP contribution is -2.22. The first-order chi connectivity index (χ1) is 5.27. The molecule has 0 bridgehead atoms. The van der Waals surface area contributed by atoms with E-state index >= 15 is 0 Å². The van der Waals surface area contributed by atoms with Gasteiger partial charge in [0.25, 0.3) is 0 Å². The van der Waals surface area contributed by atoms with Crippen LogP contribution < -0.4 is 11.5 Å². The molecule has 0 aliphatic heterocycles. The van der Waals surface area contributed by atoms with Crippen molar-refractivity contribution in [2.45, 2.75) is 39.0 Å². The van der Waals surface area contributed by atoms with E-state index in [1.54, 1.807) is 0 Å². The summed E-state index contributed by atoms with van der Waals surface area (Å²) >= 11 is 0. The Balaban J connectivity index is 2.97. The van der Waals surface area contributed by atoms with Crippen LogP contribution in [0.4, 0.5) is 0 Å². The first kappa shape index (κ1) is 10.3. The third-order valence-corrected chi connectivity index (χ3v) is 1.56. The smallest absolute Gasteiger partial charge is 0.185 e. The van der Waals surface area contributed by atoms with E-state index in [4.69, 9.17) is 11.5 Å². The van der Waals surface area contributed by atoms with E-state index in [0.717, 1.165) is 13.0 Å². The van der Waals surface area contributed by atoms with Gasteiger partial charge in [0.15, 0.2) is 5.96 Å². The molecule has 0 unspecified atom stereocenters. The Kier molecular flexibility index (Phi) is 6.89. The number of hydrogen-bond donors (Lipinski definition) is 2. The van der Waals surface area contributed by atoms with E-state index in [9.17, 15) is 0 Å². The van der Waals surface area contributed by atoms with E-state index in [0.29, 0.717) is 0 Å². The van der Waals surface area contributed by atoms with Gasteiger partial charge in [-0.05, 0) is 6.42 Å². The Hall–Kier alpha value is -0.730. The molecule has 66 valence electrons. The monoisotopic (exact) mass is 157 g/mol. The molecule has 0 spiro atoms. The number of guanidine groups is 1. The van der Waals surface area contributed by atoms with Crippen LogP contribution in [0.3, 0.4) is 0 Å². The molecule has 0 radical (unpaired) electrons. The molecule has 0 atom stereocenters. The second-order valence-electron chi connectivity index (χ2n) is 2.72. The summed E-state index contributed by atoms with van der Waals surface area (Å²) in [5, 5.41) is 0. The Morgan fingerprint density at radius 2 is 1.73 bits per heavy atom. The van der Waals surface area contributed by atoms with Crippen molar-refractivity contribution < 1.29 is 0 Å². The summed E-state index contributed by atoms with van der Waals surface area (Å²) in [6.45, 7) is 2.99. The predicted octanol–water partition coefficient (Wildman–Crippen LogP) is 1.23. The van der Waals surface area contributed by atoms with Crippen molar-refractivity contribution in [3.8, 4) is 0 Å². The molecular weight excluding hydrogens is 138 g/mol. The third kappa shape index (κ3) is 9.27. The van der Waals surface area contributed by atoms with Crippen molar-refractivity contribution in [2.75, 3.05) is 6.54 Å². The number of nitrogens with zero attached hydrogens (tertiary/aromatic N) is 1. The molecule has 0 rings (SSSR count). The van der Waals surface area contributed by atoms with Crippen molar-refractivity contribution in [2.24, 2.45) is 16.5 Å². The molecule has 11 heavy (non-hydrogen) atoms. The lowest BCUT2D eigenvalue weighted by atomic mass is 10.2. The highest BCUT2D eigenvalue weighted by molar-refractivity contribution is 5.75. The predicted molar refractivity (Wildman–Crippen MR) is 49.4 cm³/mol. The second-order valence-corrected chi connectivity index (χ2v) is 2.72. The third-order valence-electron chi connectivity index (χ3n) is 1.56. The quantitative estimate of drug-likeness (QED) is 0.346. The van der Waals surface area contributed by atoms with Crippen LogP contribution in [0.5, 0.6) is 0 Å². The zero-order valence-electron chi connectivity index (χ0n) is 7.34. The molecule has 0 fully saturated rings. The van der Waals surface area contributed by atoms with Crippen molar-refractivity contribution in [1.29, 1.82) is 0 Å². The maximum Gasteiger partial charge on any atom is 0.185 e. The second kappa shape index (κ2) is 7.38. The minimum atomic E-state index is 0.209. The van der Waals surface area contributed by atoms with Crippen LogP contribution in [0.2, 0.25) is 0 Å². The van der Waals surface area contributed by atoms with Gasteiger partial charge in [-0.2, -0.15) is 0 Å². The average Bonchev–Trinajstić information content (AvgIpc) is 1.96. The first-order valence-electron chi connectivity index (χ1n) is 4.32. The van der Waals surface area contributed by atoms with Gasteiger partial charge in [-0.1, -0.05) is 32.6 Å². The van der Waals surface area contributed by atoms with Crippen LogP contribution in [0, 0.1) is 0 Å². The number of unbranched alkanes of at least 4 members (excludes halogenated alkanes) is 4. The van der Waals surface area contributed by atoms with Crippen molar-refractivity contribution in [3.05, 3.63) is 0 Å². The van der Waals surface area contributed by atoms with Crippen LogP contribution in [-0.2, 0) is 0 Å². The van der Waals surface area contributed by atoms with Gasteiger partial charge < -0.3 is 11.5 Å². The summed E-state index contributed by atoms with van der Waals surface area (Å²) in [6, 6.07) is 0. The number of hydrogen-bond acceptors (Lipinski definition) is 1. The molecule has 4 N–H and O–H groups in total. The molecule has 0 aliphatic carbocycles. The molecule has 3 heteroatoms. The zero-order valence-corrected chi connectivity index (χ0v) is 7.34. The molecule has 3 nitrogen and oxygen atoms in total. The Morgan fingerprint density at radius 3 is 2.27 bits per heavy atom. The summed E-state index contributed by atoms with van der Waals surface area (Å²) in [5.74, 6) is 0.209. The maximum atomic E-state index is 5.16. The zero-order chi connectivity index (χ0) is 8.53. The molecule has 0 aromatic carbocycles. The number of aliphatic imine (C=N–C) groups is 1. The van der Waals surface area contributed by atoms with E-state index in [1.165, 1.54) is 25.7 Å². The number of rotatable bonds is 6. The fourth-order valence-electron chi connectivity index (χ4n) is 0.924. The summed E-state index contributed by atoms with van der Waals surface area (Å²) in [6.07, 6.45) is 6.25. The van der Waals surface area contributed by atoms with Crippen molar-refractivity contribution in [3.63, 3.8) is 0 Å². The van der Waals surface area contributed by atoms with E-state index in [2.05, 4.69) is 11.9 Å². The van der Waals surface area contributed by atoms with Gasteiger partial charge >= 0.3 is 0 Å². The topological polar surface area (TPSA) is 64.4 Å². The van der Waals surface area contributed by atoms with Crippen molar-refractivity contribution >= 4 is 5.96 Å². The van der Waals surface area contributed by atoms with Crippen molar-refractivity contribution in [1.82, 2.24) is 0 Å². The van der Waals surface area contributed by atoms with Crippen LogP contribution in [0.25, 0.3) is 0 Å².